The smallest absolute Gasteiger partial charge is 0.274 e. The minimum absolute atomic E-state index is 0. The van der Waals surface area contributed by atoms with Crippen molar-refractivity contribution in [1.82, 2.24) is 10.3 Å². The van der Waals surface area contributed by atoms with Crippen LogP contribution in [0.1, 0.15) is 42.6 Å². The molecule has 2 aliphatic rings. The molecule has 6 nitrogen and oxygen atoms in total. The third-order valence-corrected chi connectivity index (χ3v) is 5.45. The maximum Gasteiger partial charge on any atom is 0.274 e. The molecule has 1 aromatic carbocycles. The van der Waals surface area contributed by atoms with E-state index in [1.54, 1.807) is 18.2 Å². The van der Waals surface area contributed by atoms with Crippen LogP contribution in [0.3, 0.4) is 0 Å². The van der Waals surface area contributed by atoms with E-state index in [1.165, 1.54) is 37.2 Å². The number of fused-ring (bicyclic) bond motifs is 2. The van der Waals surface area contributed by atoms with Gasteiger partial charge in [0.2, 0.25) is 5.91 Å². The number of hydrogen-bond acceptors (Lipinski definition) is 4. The highest BCUT2D eigenvalue weighted by Crippen LogP contribution is 2.33. The van der Waals surface area contributed by atoms with E-state index in [-0.39, 0.29) is 42.1 Å². The molecule has 1 aromatic heterocycles. The summed E-state index contributed by atoms with van der Waals surface area (Å²) in [5.74, 6) is -0.729. The third-order valence-electron chi connectivity index (χ3n) is 5.45. The van der Waals surface area contributed by atoms with Gasteiger partial charge >= 0.3 is 0 Å². The number of piperidine rings is 1. The Hall–Kier alpha value is -2.22. The van der Waals surface area contributed by atoms with Crippen molar-refractivity contribution >= 4 is 48.0 Å². The number of pyridine rings is 1. The molecule has 2 fully saturated rings. The number of amides is 2. The first-order chi connectivity index (χ1) is 13.6. The number of nitrogens with zero attached hydrogens (tertiary/aromatic N) is 1. The Morgan fingerprint density at radius 3 is 2.43 bits per heavy atom. The van der Waals surface area contributed by atoms with Crippen LogP contribution in [-0.2, 0) is 4.79 Å². The fourth-order valence-corrected chi connectivity index (χ4v) is 4.22. The molecular formula is C21H25Cl2FN4O2. The summed E-state index contributed by atoms with van der Waals surface area (Å²) in [6.45, 7) is 0. The second kappa shape index (κ2) is 10.7. The lowest BCUT2D eigenvalue weighted by atomic mass is 9.89. The highest BCUT2D eigenvalue weighted by atomic mass is 35.5. The summed E-state index contributed by atoms with van der Waals surface area (Å²) < 4.78 is 13.7. The van der Waals surface area contributed by atoms with E-state index in [4.69, 9.17) is 0 Å². The lowest BCUT2D eigenvalue weighted by Crippen LogP contribution is -2.39. The standard InChI is InChI=1S/C21H23FN4O2.2ClH/c22-14-4-7-17(26-21(28)18-3-1-2-8-23-18)19(12-14)25-20(27)11-13-9-15-5-6-16(10-13)24-15;;/h1-4,7-8,12-13,15-16,24H,5-6,9-11H2,(H,25,27)(H,26,28);2*1H. The van der Waals surface area contributed by atoms with E-state index in [2.05, 4.69) is 20.9 Å². The molecule has 9 heteroatoms. The van der Waals surface area contributed by atoms with E-state index in [9.17, 15) is 14.0 Å². The zero-order chi connectivity index (χ0) is 19.5. The Kier molecular flexibility index (Phi) is 8.58. The van der Waals surface area contributed by atoms with Crippen LogP contribution in [0.25, 0.3) is 0 Å². The van der Waals surface area contributed by atoms with Gasteiger partial charge in [0, 0.05) is 24.7 Å². The van der Waals surface area contributed by atoms with Gasteiger partial charge in [-0.1, -0.05) is 6.07 Å². The van der Waals surface area contributed by atoms with Crippen molar-refractivity contribution in [3.05, 3.63) is 54.1 Å². The highest BCUT2D eigenvalue weighted by molar-refractivity contribution is 6.06. The van der Waals surface area contributed by atoms with Crippen LogP contribution in [0.5, 0.6) is 0 Å². The van der Waals surface area contributed by atoms with Crippen molar-refractivity contribution in [3.63, 3.8) is 0 Å². The average molecular weight is 455 g/mol. The molecule has 30 heavy (non-hydrogen) atoms. The molecular weight excluding hydrogens is 430 g/mol. The summed E-state index contributed by atoms with van der Waals surface area (Å²) in [6.07, 6.45) is 6.27. The normalized spacial score (nSPS) is 21.7. The SMILES string of the molecule is Cl.Cl.O=C(CC1CC2CCC(C1)N2)Nc1cc(F)ccc1NC(=O)c1ccccn1. The predicted molar refractivity (Wildman–Crippen MR) is 119 cm³/mol. The molecule has 2 bridgehead atoms. The maximum absolute atomic E-state index is 13.7. The van der Waals surface area contributed by atoms with Crippen molar-refractivity contribution in [2.45, 2.75) is 44.2 Å². The quantitative estimate of drug-likeness (QED) is 0.632. The Morgan fingerprint density at radius 1 is 1.03 bits per heavy atom. The highest BCUT2D eigenvalue weighted by Gasteiger charge is 2.34. The second-order valence-corrected chi connectivity index (χ2v) is 7.59. The number of nitrogens with one attached hydrogen (secondary N) is 3. The van der Waals surface area contributed by atoms with Gasteiger partial charge in [-0.2, -0.15) is 0 Å². The molecule has 2 aromatic rings. The fourth-order valence-electron chi connectivity index (χ4n) is 4.22. The summed E-state index contributed by atoms with van der Waals surface area (Å²) in [7, 11) is 0. The summed E-state index contributed by atoms with van der Waals surface area (Å²) >= 11 is 0. The summed E-state index contributed by atoms with van der Waals surface area (Å²) in [6, 6.07) is 9.94. The average Bonchev–Trinajstić information content (AvgIpc) is 3.02. The van der Waals surface area contributed by atoms with Crippen molar-refractivity contribution in [2.75, 3.05) is 10.6 Å². The zero-order valence-corrected chi connectivity index (χ0v) is 17.9. The van der Waals surface area contributed by atoms with Crippen LogP contribution in [-0.4, -0.2) is 28.9 Å². The molecule has 2 aliphatic heterocycles. The number of rotatable bonds is 5. The molecule has 2 amide bonds. The molecule has 0 saturated carbocycles. The number of aromatic nitrogens is 1. The maximum atomic E-state index is 13.7. The molecule has 2 atom stereocenters. The van der Waals surface area contributed by atoms with Gasteiger partial charge in [-0.05, 0) is 61.9 Å². The van der Waals surface area contributed by atoms with E-state index >= 15 is 0 Å². The van der Waals surface area contributed by atoms with Gasteiger partial charge in [0.15, 0.2) is 0 Å². The molecule has 3 heterocycles. The van der Waals surface area contributed by atoms with Crippen LogP contribution in [0, 0.1) is 11.7 Å². The fraction of sp³-hybridized carbons (Fsp3) is 0.381. The molecule has 2 saturated heterocycles. The van der Waals surface area contributed by atoms with Crippen LogP contribution in [0.15, 0.2) is 42.6 Å². The zero-order valence-electron chi connectivity index (χ0n) is 16.3. The number of hydrogen-bond donors (Lipinski definition) is 3. The molecule has 0 aliphatic carbocycles. The van der Waals surface area contributed by atoms with E-state index in [0.29, 0.717) is 30.1 Å². The van der Waals surface area contributed by atoms with Crippen LogP contribution in [0.4, 0.5) is 15.8 Å². The number of carbonyl (C=O) groups excluding carboxylic acids is 2. The van der Waals surface area contributed by atoms with Gasteiger partial charge in [-0.25, -0.2) is 4.39 Å². The van der Waals surface area contributed by atoms with Gasteiger partial charge in [-0.15, -0.1) is 24.8 Å². The molecule has 4 rings (SSSR count). The molecule has 0 spiro atoms. The molecule has 2 unspecified atom stereocenters. The van der Waals surface area contributed by atoms with Crippen molar-refractivity contribution < 1.29 is 14.0 Å². The molecule has 3 N–H and O–H groups in total. The lowest BCUT2D eigenvalue weighted by Gasteiger charge is -2.28. The summed E-state index contributed by atoms with van der Waals surface area (Å²) in [5, 5.41) is 9.03. The largest absolute Gasteiger partial charge is 0.324 e. The number of anilines is 2. The lowest BCUT2D eigenvalue weighted by molar-refractivity contribution is -0.117. The Balaban J connectivity index is 0.00000160. The van der Waals surface area contributed by atoms with Gasteiger partial charge in [0.1, 0.15) is 11.5 Å². The first kappa shape index (κ1) is 24.1. The van der Waals surface area contributed by atoms with Crippen LogP contribution >= 0.6 is 24.8 Å². The number of halogens is 3. The van der Waals surface area contributed by atoms with Crippen molar-refractivity contribution in [1.29, 1.82) is 0 Å². The third kappa shape index (κ3) is 5.90. The Morgan fingerprint density at radius 2 is 1.77 bits per heavy atom. The minimum atomic E-state index is -0.481. The van der Waals surface area contributed by atoms with Gasteiger partial charge < -0.3 is 16.0 Å². The summed E-state index contributed by atoms with van der Waals surface area (Å²) in [5.41, 5.74) is 0.844. The monoisotopic (exact) mass is 454 g/mol. The van der Waals surface area contributed by atoms with Gasteiger partial charge in [-0.3, -0.25) is 14.6 Å². The topological polar surface area (TPSA) is 83.1 Å². The van der Waals surface area contributed by atoms with Crippen molar-refractivity contribution in [3.8, 4) is 0 Å². The minimum Gasteiger partial charge on any atom is -0.324 e. The first-order valence-electron chi connectivity index (χ1n) is 9.64. The van der Waals surface area contributed by atoms with E-state index < -0.39 is 11.7 Å². The van der Waals surface area contributed by atoms with E-state index in [1.807, 2.05) is 0 Å². The first-order valence-corrected chi connectivity index (χ1v) is 9.64. The predicted octanol–water partition coefficient (Wildman–Crippen LogP) is 4.18. The van der Waals surface area contributed by atoms with E-state index in [0.717, 1.165) is 12.8 Å². The number of carbonyl (C=O) groups is 2. The Bertz CT molecular complexity index is 873. The van der Waals surface area contributed by atoms with Crippen LogP contribution < -0.4 is 16.0 Å². The molecule has 0 radical (unpaired) electrons. The number of benzene rings is 1. The molecule has 162 valence electrons. The second-order valence-electron chi connectivity index (χ2n) is 7.59. The Labute approximate surface area is 187 Å². The van der Waals surface area contributed by atoms with Crippen LogP contribution in [0.2, 0.25) is 0 Å². The van der Waals surface area contributed by atoms with Gasteiger partial charge in [0.05, 0.1) is 11.4 Å². The summed E-state index contributed by atoms with van der Waals surface area (Å²) in [4.78, 5) is 28.9. The van der Waals surface area contributed by atoms with Crippen molar-refractivity contribution in [2.24, 2.45) is 5.92 Å². The van der Waals surface area contributed by atoms with Gasteiger partial charge in [0.25, 0.3) is 5.91 Å².